The second kappa shape index (κ2) is 9.82. The number of benzene rings is 1. The van der Waals surface area contributed by atoms with Crippen molar-refractivity contribution in [2.24, 2.45) is 7.05 Å². The first-order valence-corrected chi connectivity index (χ1v) is 14.2. The minimum absolute atomic E-state index is 0.203. The molecule has 1 saturated heterocycles. The van der Waals surface area contributed by atoms with Crippen molar-refractivity contribution in [3.8, 4) is 17.2 Å². The standard InChI is InChI=1S/C27H33N5OS2/c1-6-20-9-7-8-11-31(20)24(33)16-35-27-29-28-26(22-15-23-21(30(22)5)10-12-34-23)32(27)25-18(3)13-17(2)14-19(25)4/h10,12-15,20H,6-9,11,16H2,1-5H3. The van der Waals surface area contributed by atoms with Crippen LogP contribution in [0.15, 0.2) is 34.8 Å². The predicted octanol–water partition coefficient (Wildman–Crippen LogP) is 6.30. The van der Waals surface area contributed by atoms with Crippen molar-refractivity contribution < 1.29 is 4.79 Å². The highest BCUT2D eigenvalue weighted by molar-refractivity contribution is 7.99. The third-order valence-corrected chi connectivity index (χ3v) is 8.90. The molecule has 35 heavy (non-hydrogen) atoms. The molecule has 1 aromatic carbocycles. The lowest BCUT2D eigenvalue weighted by Gasteiger charge is -2.35. The second-order valence-corrected chi connectivity index (χ2v) is 11.5. The highest BCUT2D eigenvalue weighted by Crippen LogP contribution is 2.35. The first kappa shape index (κ1) is 24.1. The summed E-state index contributed by atoms with van der Waals surface area (Å²) in [6, 6.07) is 9.11. The number of hydrogen-bond acceptors (Lipinski definition) is 5. The Balaban J connectivity index is 1.55. The zero-order valence-corrected chi connectivity index (χ0v) is 22.8. The van der Waals surface area contributed by atoms with E-state index in [1.54, 1.807) is 11.3 Å². The number of piperidine rings is 1. The van der Waals surface area contributed by atoms with Gasteiger partial charge in [-0.2, -0.15) is 0 Å². The first-order chi connectivity index (χ1) is 16.9. The zero-order chi connectivity index (χ0) is 24.7. The maximum absolute atomic E-state index is 13.2. The van der Waals surface area contributed by atoms with Crippen molar-refractivity contribution in [1.82, 2.24) is 24.2 Å². The first-order valence-electron chi connectivity index (χ1n) is 12.4. The maximum Gasteiger partial charge on any atom is 0.233 e. The molecule has 1 aliphatic rings. The molecule has 1 fully saturated rings. The summed E-state index contributed by atoms with van der Waals surface area (Å²) in [7, 11) is 2.08. The van der Waals surface area contributed by atoms with Crippen LogP contribution in [0.1, 0.15) is 49.3 Å². The Bertz CT molecular complexity index is 1360. The lowest BCUT2D eigenvalue weighted by molar-refractivity contribution is -0.132. The number of amides is 1. The van der Waals surface area contributed by atoms with Crippen LogP contribution in [-0.4, -0.2) is 48.5 Å². The van der Waals surface area contributed by atoms with Gasteiger partial charge in [-0.1, -0.05) is 36.4 Å². The van der Waals surface area contributed by atoms with Crippen LogP contribution in [0.25, 0.3) is 27.4 Å². The normalized spacial score (nSPS) is 16.4. The lowest BCUT2D eigenvalue weighted by Crippen LogP contribution is -2.44. The Kier molecular flexibility index (Phi) is 6.77. The molecule has 0 aliphatic carbocycles. The molecule has 4 aromatic rings. The van der Waals surface area contributed by atoms with Crippen molar-refractivity contribution in [3.05, 3.63) is 46.3 Å². The van der Waals surface area contributed by atoms with E-state index < -0.39 is 0 Å². The summed E-state index contributed by atoms with van der Waals surface area (Å²) < 4.78 is 5.58. The van der Waals surface area contributed by atoms with Crippen LogP contribution in [0, 0.1) is 20.8 Å². The quantitative estimate of drug-likeness (QED) is 0.288. The molecule has 3 aromatic heterocycles. The van der Waals surface area contributed by atoms with Gasteiger partial charge in [0.15, 0.2) is 11.0 Å². The number of rotatable bonds is 6. The van der Waals surface area contributed by atoms with E-state index in [-0.39, 0.29) is 5.91 Å². The Morgan fingerprint density at radius 2 is 1.91 bits per heavy atom. The van der Waals surface area contributed by atoms with Gasteiger partial charge in [0.2, 0.25) is 5.91 Å². The van der Waals surface area contributed by atoms with Gasteiger partial charge in [0.25, 0.3) is 0 Å². The number of carbonyl (C=O) groups is 1. The van der Waals surface area contributed by atoms with Crippen LogP contribution >= 0.6 is 23.1 Å². The summed E-state index contributed by atoms with van der Waals surface area (Å²) >= 11 is 3.23. The van der Waals surface area contributed by atoms with Crippen molar-refractivity contribution >= 4 is 39.2 Å². The van der Waals surface area contributed by atoms with Crippen molar-refractivity contribution in [3.63, 3.8) is 0 Å². The summed E-state index contributed by atoms with van der Waals surface area (Å²) in [6.45, 7) is 9.45. The minimum Gasteiger partial charge on any atom is -0.340 e. The smallest absolute Gasteiger partial charge is 0.233 e. The molecule has 4 heterocycles. The van der Waals surface area contributed by atoms with Crippen molar-refractivity contribution in [2.75, 3.05) is 12.3 Å². The van der Waals surface area contributed by atoms with E-state index in [9.17, 15) is 4.79 Å². The zero-order valence-electron chi connectivity index (χ0n) is 21.2. The van der Waals surface area contributed by atoms with Gasteiger partial charge in [0.05, 0.1) is 27.4 Å². The van der Waals surface area contributed by atoms with Gasteiger partial charge in [-0.15, -0.1) is 21.5 Å². The molecule has 0 radical (unpaired) electrons. The molecule has 0 saturated carbocycles. The number of aromatic nitrogens is 4. The SMILES string of the molecule is CCC1CCCCN1C(=O)CSc1nnc(-c2cc3sccc3n2C)n1-c1c(C)cc(C)cc1C. The number of nitrogens with zero attached hydrogens (tertiary/aromatic N) is 5. The molecule has 1 atom stereocenters. The van der Waals surface area contributed by atoms with Crippen LogP contribution < -0.4 is 0 Å². The highest BCUT2D eigenvalue weighted by atomic mass is 32.2. The van der Waals surface area contributed by atoms with Gasteiger partial charge in [-0.3, -0.25) is 9.36 Å². The summed E-state index contributed by atoms with van der Waals surface area (Å²) in [5.41, 5.74) is 6.90. The van der Waals surface area contributed by atoms with E-state index in [1.807, 2.05) is 0 Å². The Hall–Kier alpha value is -2.58. The number of fused-ring (bicyclic) bond motifs is 1. The minimum atomic E-state index is 0.203. The molecule has 8 heteroatoms. The average molecular weight is 508 g/mol. The molecule has 0 bridgehead atoms. The van der Waals surface area contributed by atoms with E-state index in [4.69, 9.17) is 0 Å². The molecule has 5 rings (SSSR count). The topological polar surface area (TPSA) is 56.0 Å². The number of aryl methyl sites for hydroxylation is 4. The fourth-order valence-electron chi connectivity index (χ4n) is 5.48. The molecule has 1 unspecified atom stereocenters. The Morgan fingerprint density at radius 1 is 1.14 bits per heavy atom. The van der Waals surface area contributed by atoms with Gasteiger partial charge < -0.3 is 9.47 Å². The lowest BCUT2D eigenvalue weighted by atomic mass is 10.0. The molecule has 0 spiro atoms. The molecule has 1 amide bonds. The monoisotopic (exact) mass is 507 g/mol. The molecule has 0 N–H and O–H groups in total. The molecule has 6 nitrogen and oxygen atoms in total. The van der Waals surface area contributed by atoms with Crippen LogP contribution in [-0.2, 0) is 11.8 Å². The van der Waals surface area contributed by atoms with Gasteiger partial charge in [0.1, 0.15) is 0 Å². The fourth-order valence-corrected chi connectivity index (χ4v) is 7.16. The third kappa shape index (κ3) is 4.42. The van der Waals surface area contributed by atoms with E-state index in [0.717, 1.165) is 48.2 Å². The summed E-state index contributed by atoms with van der Waals surface area (Å²) in [4.78, 5) is 15.3. The van der Waals surface area contributed by atoms with Crippen LogP contribution in [0.5, 0.6) is 0 Å². The summed E-state index contributed by atoms with van der Waals surface area (Å²) in [5.74, 6) is 1.39. The second-order valence-electron chi connectivity index (χ2n) is 9.58. The van der Waals surface area contributed by atoms with Crippen LogP contribution in [0.2, 0.25) is 0 Å². The fraction of sp³-hybridized carbons (Fsp3) is 0.444. The summed E-state index contributed by atoms with van der Waals surface area (Å²) in [6.07, 6.45) is 4.44. The number of thiophene rings is 1. The number of likely N-dealkylation sites (tertiary alicyclic amines) is 1. The number of thioether (sulfide) groups is 1. The molecular formula is C27H33N5OS2. The van der Waals surface area contributed by atoms with E-state index in [2.05, 4.69) is 88.6 Å². The Labute approximate surface area is 215 Å². The molecule has 1 aliphatic heterocycles. The largest absolute Gasteiger partial charge is 0.340 e. The van der Waals surface area contributed by atoms with E-state index >= 15 is 0 Å². The Morgan fingerprint density at radius 3 is 2.63 bits per heavy atom. The van der Waals surface area contributed by atoms with Gasteiger partial charge in [-0.25, -0.2) is 0 Å². The van der Waals surface area contributed by atoms with Gasteiger partial charge in [-0.05, 0) is 75.1 Å². The number of carbonyl (C=O) groups excluding carboxylic acids is 1. The third-order valence-electron chi connectivity index (χ3n) is 7.13. The van der Waals surface area contributed by atoms with Crippen LogP contribution in [0.4, 0.5) is 0 Å². The average Bonchev–Trinajstić information content (AvgIpc) is 3.53. The van der Waals surface area contributed by atoms with Crippen molar-refractivity contribution in [2.45, 2.75) is 64.6 Å². The van der Waals surface area contributed by atoms with Gasteiger partial charge in [0, 0.05) is 19.6 Å². The molecular weight excluding hydrogens is 474 g/mol. The van der Waals surface area contributed by atoms with E-state index in [0.29, 0.717) is 11.8 Å². The van der Waals surface area contributed by atoms with E-state index in [1.165, 1.54) is 45.1 Å². The summed E-state index contributed by atoms with van der Waals surface area (Å²) in [5, 5.41) is 12.2. The number of hydrogen-bond donors (Lipinski definition) is 0. The van der Waals surface area contributed by atoms with Crippen LogP contribution in [0.3, 0.4) is 0 Å². The predicted molar refractivity (Wildman–Crippen MR) is 146 cm³/mol. The molecule has 184 valence electrons. The van der Waals surface area contributed by atoms with Crippen molar-refractivity contribution in [1.29, 1.82) is 0 Å². The highest BCUT2D eigenvalue weighted by Gasteiger charge is 2.27. The van der Waals surface area contributed by atoms with Gasteiger partial charge >= 0.3 is 0 Å². The maximum atomic E-state index is 13.2.